The highest BCUT2D eigenvalue weighted by Crippen LogP contribution is 2.42. The van der Waals surface area contributed by atoms with Gasteiger partial charge >= 0.3 is 6.18 Å². The normalized spacial score (nSPS) is 29.1. The molecule has 0 spiro atoms. The minimum absolute atomic E-state index is 0.0283. The van der Waals surface area contributed by atoms with Crippen molar-refractivity contribution >= 4 is 11.8 Å². The van der Waals surface area contributed by atoms with Crippen molar-refractivity contribution in [3.8, 4) is 17.1 Å². The number of alkyl halides is 3. The molecule has 0 radical (unpaired) electrons. The molecule has 1 saturated carbocycles. The Morgan fingerprint density at radius 1 is 1.21 bits per heavy atom. The van der Waals surface area contributed by atoms with Crippen molar-refractivity contribution in [2.24, 2.45) is 5.92 Å². The van der Waals surface area contributed by atoms with E-state index in [0.717, 1.165) is 6.20 Å². The Hall–Kier alpha value is -3.26. The predicted molar refractivity (Wildman–Crippen MR) is 127 cm³/mol. The summed E-state index contributed by atoms with van der Waals surface area (Å²) in [5, 5.41) is 19.5. The van der Waals surface area contributed by atoms with Gasteiger partial charge in [0.15, 0.2) is 17.1 Å². The van der Waals surface area contributed by atoms with Crippen molar-refractivity contribution in [3.05, 3.63) is 29.8 Å². The molecule has 2 bridgehead atoms. The molecule has 10 nitrogen and oxygen atoms in total. The maximum absolute atomic E-state index is 14.3. The molecule has 3 aliphatic rings. The zero-order valence-electron chi connectivity index (χ0n) is 21.1. The first-order chi connectivity index (χ1) is 18.5. The summed E-state index contributed by atoms with van der Waals surface area (Å²) in [4.78, 5) is 31.9. The van der Waals surface area contributed by atoms with Crippen LogP contribution in [0.1, 0.15) is 49.0 Å². The quantitative estimate of drug-likeness (QED) is 0.484. The van der Waals surface area contributed by atoms with E-state index in [2.05, 4.69) is 20.5 Å². The molecule has 0 aromatic carbocycles. The highest BCUT2D eigenvalue weighted by Gasteiger charge is 2.55. The Morgan fingerprint density at radius 2 is 1.87 bits per heavy atom. The standard InChI is InChI=1S/C25H29F4N5O5/c1-38-21-8-17(18(26)10-30-21)19-9-20(33-32-19)23(36)34-15-6-13(7-16(34)12-39-11-15)22(35)31-14-2-4-24(37,5-3-14)25(27,28)29/h8-10,13-16,37H,2-7,11-12H2,1H3,(H,31,35)(H,32,33). The van der Waals surface area contributed by atoms with Gasteiger partial charge in [0.25, 0.3) is 5.91 Å². The Bertz CT molecular complexity index is 1220. The van der Waals surface area contributed by atoms with Crippen molar-refractivity contribution in [1.29, 1.82) is 0 Å². The lowest BCUT2D eigenvalue weighted by Gasteiger charge is -2.48. The number of pyridine rings is 1. The first-order valence-electron chi connectivity index (χ1n) is 12.7. The number of hydrogen-bond donors (Lipinski definition) is 3. The van der Waals surface area contributed by atoms with Crippen molar-refractivity contribution in [3.63, 3.8) is 0 Å². The summed E-state index contributed by atoms with van der Waals surface area (Å²) < 4.78 is 64.3. The number of nitrogens with zero attached hydrogens (tertiary/aromatic N) is 3. The number of ether oxygens (including phenoxy) is 2. The molecule has 212 valence electrons. The van der Waals surface area contributed by atoms with Crippen LogP contribution in [0.5, 0.6) is 5.88 Å². The van der Waals surface area contributed by atoms with E-state index in [0.29, 0.717) is 12.8 Å². The van der Waals surface area contributed by atoms with Crippen molar-refractivity contribution in [2.45, 2.75) is 68.4 Å². The number of fused-ring (bicyclic) bond motifs is 2. The number of H-pyrrole nitrogens is 1. The molecule has 2 saturated heterocycles. The van der Waals surface area contributed by atoms with Crippen molar-refractivity contribution in [2.75, 3.05) is 20.3 Å². The van der Waals surface area contributed by atoms with Crippen LogP contribution in [0.25, 0.3) is 11.3 Å². The molecule has 3 fully saturated rings. The minimum Gasteiger partial charge on any atom is -0.481 e. The van der Waals surface area contributed by atoms with E-state index in [-0.39, 0.29) is 60.7 Å². The van der Waals surface area contributed by atoms with E-state index in [4.69, 9.17) is 9.47 Å². The fourth-order valence-corrected chi connectivity index (χ4v) is 5.74. The van der Waals surface area contributed by atoms with Crippen LogP contribution >= 0.6 is 0 Å². The molecule has 4 heterocycles. The van der Waals surface area contributed by atoms with Gasteiger partial charge in [0.05, 0.1) is 44.3 Å². The molecule has 2 aromatic rings. The Labute approximate surface area is 221 Å². The number of aromatic nitrogens is 3. The van der Waals surface area contributed by atoms with Gasteiger partial charge in [0.1, 0.15) is 0 Å². The van der Waals surface area contributed by atoms with Crippen LogP contribution in [0.2, 0.25) is 0 Å². The van der Waals surface area contributed by atoms with Crippen LogP contribution in [0, 0.1) is 11.7 Å². The lowest BCUT2D eigenvalue weighted by atomic mass is 9.80. The van der Waals surface area contributed by atoms with E-state index in [9.17, 15) is 32.3 Å². The molecule has 2 amide bonds. The van der Waals surface area contributed by atoms with Gasteiger partial charge in [-0.05, 0) is 44.6 Å². The minimum atomic E-state index is -4.70. The molecule has 1 aliphatic carbocycles. The third-order valence-corrected chi connectivity index (χ3v) is 7.94. The zero-order valence-corrected chi connectivity index (χ0v) is 21.1. The van der Waals surface area contributed by atoms with E-state index >= 15 is 0 Å². The van der Waals surface area contributed by atoms with Gasteiger partial charge in [-0.2, -0.15) is 18.3 Å². The summed E-state index contributed by atoms with van der Waals surface area (Å²) in [6.07, 6.45) is -3.92. The first-order valence-corrected chi connectivity index (χ1v) is 12.7. The highest BCUT2D eigenvalue weighted by molar-refractivity contribution is 5.94. The van der Waals surface area contributed by atoms with Crippen molar-refractivity contribution < 1.29 is 41.7 Å². The van der Waals surface area contributed by atoms with Gasteiger partial charge < -0.3 is 24.8 Å². The number of hydrogen-bond acceptors (Lipinski definition) is 7. The number of amides is 2. The molecule has 2 unspecified atom stereocenters. The van der Waals surface area contributed by atoms with Gasteiger partial charge in [-0.1, -0.05) is 0 Å². The molecular weight excluding hydrogens is 526 g/mol. The molecule has 3 N–H and O–H groups in total. The highest BCUT2D eigenvalue weighted by atomic mass is 19.4. The fraction of sp³-hybridized carbons (Fsp3) is 0.600. The molecule has 2 atom stereocenters. The van der Waals surface area contributed by atoms with Gasteiger partial charge in [0, 0.05) is 23.6 Å². The second-order valence-electron chi connectivity index (χ2n) is 10.4. The van der Waals surface area contributed by atoms with Crippen LogP contribution in [0.3, 0.4) is 0 Å². The monoisotopic (exact) mass is 555 g/mol. The fourth-order valence-electron chi connectivity index (χ4n) is 5.74. The van der Waals surface area contributed by atoms with Gasteiger partial charge in [0.2, 0.25) is 11.8 Å². The van der Waals surface area contributed by atoms with Gasteiger partial charge in [-0.3, -0.25) is 14.7 Å². The number of aromatic amines is 1. The summed E-state index contributed by atoms with van der Waals surface area (Å²) >= 11 is 0. The number of aliphatic hydroxyl groups is 1. The number of piperidine rings is 1. The number of morpholine rings is 1. The molecule has 5 rings (SSSR count). The summed E-state index contributed by atoms with van der Waals surface area (Å²) in [6, 6.07) is 1.58. The molecule has 39 heavy (non-hydrogen) atoms. The first kappa shape index (κ1) is 27.3. The second-order valence-corrected chi connectivity index (χ2v) is 10.4. The summed E-state index contributed by atoms with van der Waals surface area (Å²) in [5.41, 5.74) is -2.21. The third kappa shape index (κ3) is 5.31. The van der Waals surface area contributed by atoms with Crippen LogP contribution in [0.15, 0.2) is 18.3 Å². The molecule has 14 heteroatoms. The van der Waals surface area contributed by atoms with Gasteiger partial charge in [-0.15, -0.1) is 0 Å². The van der Waals surface area contributed by atoms with Crippen LogP contribution < -0.4 is 10.1 Å². The van der Waals surface area contributed by atoms with E-state index < -0.39 is 54.5 Å². The Kier molecular flexibility index (Phi) is 7.27. The maximum atomic E-state index is 14.3. The Morgan fingerprint density at radius 3 is 2.49 bits per heavy atom. The maximum Gasteiger partial charge on any atom is 0.417 e. The van der Waals surface area contributed by atoms with E-state index in [1.807, 2.05) is 0 Å². The second kappa shape index (κ2) is 10.4. The smallest absolute Gasteiger partial charge is 0.417 e. The SMILES string of the molecule is COc1cc(-c2cc(C(=O)N3C4COCC3CC(C(=O)NC3CCC(O)(C(F)(F)F)CC3)C4)n[nH]2)c(F)cn1. The third-order valence-electron chi connectivity index (χ3n) is 7.94. The lowest BCUT2D eigenvalue weighted by Crippen LogP contribution is -2.61. The van der Waals surface area contributed by atoms with Crippen LogP contribution in [0.4, 0.5) is 17.6 Å². The summed E-state index contributed by atoms with van der Waals surface area (Å²) in [6.45, 7) is 0.447. The van der Waals surface area contributed by atoms with Crippen molar-refractivity contribution in [1.82, 2.24) is 25.4 Å². The number of halogens is 4. The van der Waals surface area contributed by atoms with E-state index in [1.54, 1.807) is 4.90 Å². The molecular formula is C25H29F4N5O5. The average Bonchev–Trinajstić information content (AvgIpc) is 3.38. The van der Waals surface area contributed by atoms with Crippen LogP contribution in [-0.4, -0.2) is 87.2 Å². The van der Waals surface area contributed by atoms with Gasteiger partial charge in [-0.25, -0.2) is 9.37 Å². The largest absolute Gasteiger partial charge is 0.481 e. The zero-order chi connectivity index (χ0) is 27.9. The molecule has 2 aromatic heterocycles. The van der Waals surface area contributed by atoms with E-state index in [1.165, 1.54) is 19.2 Å². The number of rotatable bonds is 5. The Balaban J connectivity index is 1.23. The average molecular weight is 556 g/mol. The number of methoxy groups -OCH3 is 1. The lowest BCUT2D eigenvalue weighted by molar-refractivity contribution is -0.270. The number of nitrogens with one attached hydrogen (secondary N) is 2. The molecule has 2 aliphatic heterocycles. The van der Waals surface area contributed by atoms with Crippen LogP contribution in [-0.2, 0) is 9.53 Å². The number of carbonyl (C=O) groups excluding carboxylic acids is 2. The summed E-state index contributed by atoms with van der Waals surface area (Å²) in [7, 11) is 1.40. The summed E-state index contributed by atoms with van der Waals surface area (Å²) in [5.74, 6) is -1.51. The predicted octanol–water partition coefficient (Wildman–Crippen LogP) is 2.59. The number of carbonyl (C=O) groups is 2. The topological polar surface area (TPSA) is 130 Å².